The van der Waals surface area contributed by atoms with Gasteiger partial charge in [0.1, 0.15) is 0 Å². The topological polar surface area (TPSA) is 24.9 Å². The normalized spacial score (nSPS) is 14.4. The summed E-state index contributed by atoms with van der Waals surface area (Å²) in [6.07, 6.45) is 3.39. The van der Waals surface area contributed by atoms with Crippen molar-refractivity contribution in [2.45, 2.75) is 32.7 Å². The predicted octanol–water partition coefficient (Wildman–Crippen LogP) is 2.10. The van der Waals surface area contributed by atoms with Gasteiger partial charge in [-0.2, -0.15) is 0 Å². The minimum absolute atomic E-state index is 0. The molecule has 1 aromatic rings. The molecule has 0 aromatic carbocycles. The van der Waals surface area contributed by atoms with E-state index in [0.29, 0.717) is 0 Å². The molecule has 0 saturated heterocycles. The van der Waals surface area contributed by atoms with Crippen molar-refractivity contribution in [1.29, 1.82) is 0 Å². The van der Waals surface area contributed by atoms with E-state index in [1.807, 2.05) is 0 Å². The van der Waals surface area contributed by atoms with Crippen LogP contribution < -0.4 is 5.32 Å². The van der Waals surface area contributed by atoms with Gasteiger partial charge in [-0.25, -0.2) is 0 Å². The molecule has 0 fully saturated rings. The number of rotatable bonds is 2. The Balaban J connectivity index is 0.000000980. The van der Waals surface area contributed by atoms with Gasteiger partial charge in [0.2, 0.25) is 0 Å². The summed E-state index contributed by atoms with van der Waals surface area (Å²) in [6, 6.07) is 4.38. The van der Waals surface area contributed by atoms with Crippen molar-refractivity contribution in [3.63, 3.8) is 0 Å². The van der Waals surface area contributed by atoms with E-state index >= 15 is 0 Å². The maximum atomic E-state index is 4.66. The van der Waals surface area contributed by atoms with E-state index in [4.69, 9.17) is 0 Å². The van der Waals surface area contributed by atoms with Crippen LogP contribution >= 0.6 is 12.4 Å². The molecule has 2 nitrogen and oxygen atoms in total. The lowest BCUT2D eigenvalue weighted by Crippen LogP contribution is -2.24. The van der Waals surface area contributed by atoms with Gasteiger partial charge in [-0.05, 0) is 18.1 Å². The molecule has 0 spiro atoms. The van der Waals surface area contributed by atoms with Gasteiger partial charge in [0, 0.05) is 30.9 Å². The maximum Gasteiger partial charge on any atom is 0.0464 e. The first-order valence-electron chi connectivity index (χ1n) is 5.08. The fraction of sp³-hybridized carbons (Fsp3) is 0.545. The van der Waals surface area contributed by atoms with Crippen LogP contribution in [0.5, 0.6) is 0 Å². The second-order valence-electron chi connectivity index (χ2n) is 3.59. The Labute approximate surface area is 91.5 Å². The number of fused-ring (bicyclic) bond motifs is 1. The van der Waals surface area contributed by atoms with E-state index in [2.05, 4.69) is 29.4 Å². The molecule has 0 aliphatic carbocycles. The predicted molar refractivity (Wildman–Crippen MR) is 60.9 cm³/mol. The molecule has 0 bridgehead atoms. The molecule has 1 aliphatic heterocycles. The highest BCUT2D eigenvalue weighted by Crippen LogP contribution is 2.12. The van der Waals surface area contributed by atoms with Crippen molar-refractivity contribution >= 4 is 12.4 Å². The molecule has 78 valence electrons. The van der Waals surface area contributed by atoms with Gasteiger partial charge in [-0.3, -0.25) is 4.98 Å². The summed E-state index contributed by atoms with van der Waals surface area (Å²) in [6.45, 7) is 4.27. The lowest BCUT2D eigenvalue weighted by atomic mass is 10.1. The van der Waals surface area contributed by atoms with Crippen LogP contribution in [-0.4, -0.2) is 11.5 Å². The van der Waals surface area contributed by atoms with Crippen LogP contribution in [0.2, 0.25) is 0 Å². The van der Waals surface area contributed by atoms with Gasteiger partial charge in [0.25, 0.3) is 0 Å². The Morgan fingerprint density at radius 3 is 3.07 bits per heavy atom. The second-order valence-corrected chi connectivity index (χ2v) is 3.59. The highest BCUT2D eigenvalue weighted by atomic mass is 35.5. The van der Waals surface area contributed by atoms with Gasteiger partial charge in [-0.1, -0.05) is 19.4 Å². The molecule has 0 radical (unpaired) electrons. The van der Waals surface area contributed by atoms with E-state index in [9.17, 15) is 0 Å². The van der Waals surface area contributed by atoms with Crippen LogP contribution in [0, 0.1) is 0 Å². The van der Waals surface area contributed by atoms with Crippen molar-refractivity contribution in [3.05, 3.63) is 29.1 Å². The number of nitrogens with zero attached hydrogens (tertiary/aromatic N) is 1. The number of halogens is 1. The number of hydrogen-bond donors (Lipinski definition) is 1. The summed E-state index contributed by atoms with van der Waals surface area (Å²) in [4.78, 5) is 4.66. The minimum Gasteiger partial charge on any atom is -0.312 e. The summed E-state index contributed by atoms with van der Waals surface area (Å²) in [7, 11) is 0. The number of pyridine rings is 1. The zero-order valence-corrected chi connectivity index (χ0v) is 9.36. The van der Waals surface area contributed by atoms with Crippen LogP contribution in [0.4, 0.5) is 0 Å². The molecule has 1 aromatic heterocycles. The lowest BCUT2D eigenvalue weighted by molar-refractivity contribution is 0.626. The van der Waals surface area contributed by atoms with Gasteiger partial charge < -0.3 is 5.32 Å². The first-order valence-corrected chi connectivity index (χ1v) is 5.08. The molecule has 3 heteroatoms. The summed E-state index contributed by atoms with van der Waals surface area (Å²) in [5.74, 6) is 0. The van der Waals surface area contributed by atoms with Crippen LogP contribution in [0.1, 0.15) is 30.3 Å². The van der Waals surface area contributed by atoms with Crippen LogP contribution in [0.3, 0.4) is 0 Å². The summed E-state index contributed by atoms with van der Waals surface area (Å²) in [5.41, 5.74) is 3.94. The van der Waals surface area contributed by atoms with Gasteiger partial charge >= 0.3 is 0 Å². The monoisotopic (exact) mass is 212 g/mol. The number of hydrogen-bond acceptors (Lipinski definition) is 2. The van der Waals surface area contributed by atoms with Crippen LogP contribution in [0.25, 0.3) is 0 Å². The maximum absolute atomic E-state index is 4.66. The lowest BCUT2D eigenvalue weighted by Gasteiger charge is -2.16. The molecular weight excluding hydrogens is 196 g/mol. The van der Waals surface area contributed by atoms with Crippen molar-refractivity contribution in [2.75, 3.05) is 6.54 Å². The molecule has 2 heterocycles. The molecule has 14 heavy (non-hydrogen) atoms. The molecule has 1 N–H and O–H groups in total. The highest BCUT2D eigenvalue weighted by molar-refractivity contribution is 5.85. The van der Waals surface area contributed by atoms with Crippen molar-refractivity contribution in [2.24, 2.45) is 0 Å². The van der Waals surface area contributed by atoms with E-state index < -0.39 is 0 Å². The SMILES string of the molecule is CCCc1ccc2c(n1)CCNC2.Cl. The molecule has 2 rings (SSSR count). The highest BCUT2D eigenvalue weighted by Gasteiger charge is 2.09. The van der Waals surface area contributed by atoms with Gasteiger partial charge in [0.05, 0.1) is 0 Å². The van der Waals surface area contributed by atoms with E-state index in [-0.39, 0.29) is 12.4 Å². The van der Waals surface area contributed by atoms with Crippen molar-refractivity contribution < 1.29 is 0 Å². The minimum atomic E-state index is 0. The third-order valence-corrected chi connectivity index (χ3v) is 2.49. The van der Waals surface area contributed by atoms with Crippen LogP contribution in [-0.2, 0) is 19.4 Å². The fourth-order valence-electron chi connectivity index (χ4n) is 1.78. The molecular formula is C11H17ClN2. The molecule has 0 atom stereocenters. The number of nitrogens with one attached hydrogen (secondary N) is 1. The quantitative estimate of drug-likeness (QED) is 0.812. The van der Waals surface area contributed by atoms with Crippen molar-refractivity contribution in [1.82, 2.24) is 10.3 Å². The summed E-state index contributed by atoms with van der Waals surface area (Å²) >= 11 is 0. The van der Waals surface area contributed by atoms with Crippen LogP contribution in [0.15, 0.2) is 12.1 Å². The number of aromatic nitrogens is 1. The molecule has 0 unspecified atom stereocenters. The smallest absolute Gasteiger partial charge is 0.0464 e. The second kappa shape index (κ2) is 5.32. The third kappa shape index (κ3) is 2.46. The van der Waals surface area contributed by atoms with Gasteiger partial charge in [0.15, 0.2) is 0 Å². The average molecular weight is 213 g/mol. The number of aryl methyl sites for hydroxylation is 1. The molecule has 0 saturated carbocycles. The summed E-state index contributed by atoms with van der Waals surface area (Å²) < 4.78 is 0. The summed E-state index contributed by atoms with van der Waals surface area (Å²) in [5, 5.41) is 3.35. The van der Waals surface area contributed by atoms with E-state index in [0.717, 1.165) is 25.9 Å². The standard InChI is InChI=1S/C11H16N2.ClH/c1-2-3-10-5-4-9-8-12-7-6-11(9)13-10;/h4-5,12H,2-3,6-8H2,1H3;1H. The Kier molecular flexibility index (Phi) is 4.36. The largest absolute Gasteiger partial charge is 0.312 e. The van der Waals surface area contributed by atoms with Gasteiger partial charge in [-0.15, -0.1) is 12.4 Å². The average Bonchev–Trinajstić information content (AvgIpc) is 2.18. The fourth-order valence-corrected chi connectivity index (χ4v) is 1.78. The van der Waals surface area contributed by atoms with Crippen molar-refractivity contribution in [3.8, 4) is 0 Å². The van der Waals surface area contributed by atoms with E-state index in [1.165, 1.54) is 23.4 Å². The first kappa shape index (κ1) is 11.5. The molecule has 0 amide bonds. The molecule has 1 aliphatic rings. The third-order valence-electron chi connectivity index (χ3n) is 2.49. The van der Waals surface area contributed by atoms with E-state index in [1.54, 1.807) is 0 Å². The zero-order valence-electron chi connectivity index (χ0n) is 8.55. The Hall–Kier alpha value is -0.600. The first-order chi connectivity index (χ1) is 6.40. The Morgan fingerprint density at radius 2 is 2.29 bits per heavy atom. The Bertz CT molecular complexity index is 299. The zero-order chi connectivity index (χ0) is 9.10. The Morgan fingerprint density at radius 1 is 1.43 bits per heavy atom.